The molecule has 66 valence electrons. The molecule has 2 atom stereocenters. The third-order valence-corrected chi connectivity index (χ3v) is 1.64. The molecule has 0 aromatic rings. The average Bonchev–Trinajstić information content (AvgIpc) is 2.02. The summed E-state index contributed by atoms with van der Waals surface area (Å²) < 4.78 is 7.11. The van der Waals surface area contributed by atoms with E-state index in [4.69, 9.17) is 11.8 Å². The van der Waals surface area contributed by atoms with Crippen molar-refractivity contribution in [3.63, 3.8) is 0 Å². The van der Waals surface area contributed by atoms with Crippen molar-refractivity contribution < 1.29 is 39.8 Å². The summed E-state index contributed by atoms with van der Waals surface area (Å²) in [5, 5.41) is 16.2. The van der Waals surface area contributed by atoms with E-state index >= 15 is 0 Å². The second-order valence-electron chi connectivity index (χ2n) is 1.49. The molecule has 0 aliphatic rings. The molecule has 4 nitrogen and oxygen atoms in total. The van der Waals surface area contributed by atoms with E-state index in [1.807, 2.05) is 0 Å². The third-order valence-electron chi connectivity index (χ3n) is 0.778. The molecule has 0 amide bonds. The predicted octanol–water partition coefficient (Wildman–Crippen LogP) is 1.83. The van der Waals surface area contributed by atoms with Gasteiger partial charge in [-0.25, -0.2) is 10.1 Å². The van der Waals surface area contributed by atoms with E-state index in [1.54, 1.807) is 5.82 Å². The maximum atomic E-state index is 8.18. The maximum absolute atomic E-state index is 8.18. The number of hydrogen-bond donors (Lipinski definition) is 2. The van der Waals surface area contributed by atoms with Crippen molar-refractivity contribution in [1.82, 2.24) is 0 Å². The molecule has 0 saturated carbocycles. The fraction of sp³-hybridized carbons (Fsp3) is 0.200. The minimum atomic E-state index is -0.944. The van der Waals surface area contributed by atoms with Gasteiger partial charge < -0.3 is 4.89 Å². The minimum Gasteiger partial charge on any atom is -0.342 e. The van der Waals surface area contributed by atoms with E-state index in [1.165, 1.54) is 12.2 Å². The molecule has 0 aliphatic heterocycles. The van der Waals surface area contributed by atoms with E-state index in [9.17, 15) is 0 Å². The van der Waals surface area contributed by atoms with Gasteiger partial charge >= 0.3 is 0 Å². The Kier molecular flexibility index (Phi) is 12.3. The van der Waals surface area contributed by atoms with Crippen LogP contribution < -0.4 is 0 Å². The van der Waals surface area contributed by atoms with Gasteiger partial charge in [0.25, 0.3) is 0 Å². The van der Waals surface area contributed by atoms with Gasteiger partial charge in [-0.3, -0.25) is 5.26 Å². The first-order valence-corrected chi connectivity index (χ1v) is 5.27. The predicted molar refractivity (Wildman–Crippen MR) is 47.5 cm³/mol. The van der Waals surface area contributed by atoms with Crippen molar-refractivity contribution >= 4 is 17.1 Å². The van der Waals surface area contributed by atoms with Gasteiger partial charge in [0.1, 0.15) is 6.61 Å². The second kappa shape index (κ2) is 11.6. The molecule has 0 aromatic heterocycles. The Bertz CT molecular complexity index is 176. The van der Waals surface area contributed by atoms with Gasteiger partial charge in [0.15, 0.2) is 5.76 Å². The van der Waals surface area contributed by atoms with E-state index in [2.05, 4.69) is 18.7 Å². The minimum absolute atomic E-state index is 0. The van der Waals surface area contributed by atoms with E-state index < -0.39 is 8.21 Å². The molecule has 2 unspecified atom stereocenters. The first-order chi connectivity index (χ1) is 5.70. The van der Waals surface area contributed by atoms with Crippen molar-refractivity contribution in [3.05, 3.63) is 23.7 Å². The average molecular weight is 263 g/mol. The van der Waals surface area contributed by atoms with Crippen LogP contribution in [0.25, 0.3) is 0 Å². The first-order valence-electron chi connectivity index (χ1n) is 3.13. The van der Waals surface area contributed by atoms with Crippen LogP contribution in [0, 0.1) is 0 Å². The van der Waals surface area contributed by atoms with Crippen molar-refractivity contribution in [3.8, 4) is 0 Å². The van der Waals surface area contributed by atoms with Crippen LogP contribution in [0.5, 0.6) is 0 Å². The van der Waals surface area contributed by atoms with E-state index in [0.717, 1.165) is 0 Å². The van der Waals surface area contributed by atoms with Crippen LogP contribution in [-0.2, 0) is 29.3 Å². The van der Waals surface area contributed by atoms with Gasteiger partial charge in [-0.05, 0) is 6.08 Å². The Morgan fingerprint density at radius 3 is 2.75 bits per heavy atom. The normalized spacial score (nSPS) is 15.2. The summed E-state index contributed by atoms with van der Waals surface area (Å²) in [6, 6.07) is 0. The van der Waals surface area contributed by atoms with Crippen LogP contribution in [0.2, 0.25) is 0 Å². The van der Waals surface area contributed by atoms with Crippen LogP contribution in [0.15, 0.2) is 23.7 Å². The molecular formula is C5H10O4P2Zn. The standard InChI is InChI=1S/C5H10O4P2.Zn/c6-8-4-5(9-7)2-1-3-11-10;/h1-3,6-7,11H,4,10H2;/i11T;. The molecule has 0 spiro atoms. The Balaban J connectivity index is 0. The molecule has 2 N–H and O–H groups in total. The van der Waals surface area contributed by atoms with Crippen LogP contribution in [0.1, 0.15) is 0 Å². The number of rotatable bonds is 5. The van der Waals surface area contributed by atoms with Gasteiger partial charge in [-0.1, -0.05) is 20.1 Å². The summed E-state index contributed by atoms with van der Waals surface area (Å²) in [5.74, 6) is 1.67. The fourth-order valence-corrected chi connectivity index (χ4v) is 0.852. The SMILES string of the molecule is [3H]P(P)C=CC=C(COO)OO.[Zn]. The van der Waals surface area contributed by atoms with Crippen molar-refractivity contribution in [2.24, 2.45) is 0 Å². The van der Waals surface area contributed by atoms with Gasteiger partial charge in [0.2, 0.25) is 0 Å². The molecule has 0 aromatic carbocycles. The first kappa shape index (κ1) is 12.6. The van der Waals surface area contributed by atoms with Crippen LogP contribution in [0.4, 0.5) is 0 Å². The maximum Gasteiger partial charge on any atom is 0.171 e. The monoisotopic (exact) mass is 262 g/mol. The zero-order valence-electron chi connectivity index (χ0n) is 7.38. The second-order valence-corrected chi connectivity index (χ2v) is 2.98. The number of hydrogen-bond acceptors (Lipinski definition) is 4. The Morgan fingerprint density at radius 1 is 1.67 bits per heavy atom. The van der Waals surface area contributed by atoms with Crippen LogP contribution in [-0.4, -0.2) is 18.4 Å². The van der Waals surface area contributed by atoms with Gasteiger partial charge in [0.05, 0.1) is 1.28 Å². The largest absolute Gasteiger partial charge is 0.342 e. The molecular weight excluding hydrogens is 251 g/mol. The van der Waals surface area contributed by atoms with E-state index in [0.29, 0.717) is 0 Å². The van der Waals surface area contributed by atoms with Crippen molar-refractivity contribution in [1.29, 1.82) is 1.28 Å². The summed E-state index contributed by atoms with van der Waals surface area (Å²) in [4.78, 5) is 7.55. The topological polar surface area (TPSA) is 58.9 Å². The summed E-state index contributed by atoms with van der Waals surface area (Å²) in [6.07, 6.45) is 2.93. The molecule has 0 saturated heterocycles. The zero-order valence-corrected chi connectivity index (χ0v) is 11.4. The van der Waals surface area contributed by atoms with Crippen LogP contribution >= 0.6 is 17.1 Å². The van der Waals surface area contributed by atoms with Gasteiger partial charge in [-0.2, -0.15) is 0 Å². The smallest absolute Gasteiger partial charge is 0.171 e. The Hall–Kier alpha value is 0.643. The van der Waals surface area contributed by atoms with E-state index in [-0.39, 0.29) is 31.8 Å². The molecule has 0 rings (SSSR count). The van der Waals surface area contributed by atoms with Crippen molar-refractivity contribution in [2.75, 3.05) is 6.61 Å². The molecule has 0 bridgehead atoms. The van der Waals surface area contributed by atoms with Crippen molar-refractivity contribution in [2.45, 2.75) is 0 Å². The summed E-state index contributed by atoms with van der Waals surface area (Å²) >= 11 is 0. The van der Waals surface area contributed by atoms with Crippen LogP contribution in [0.3, 0.4) is 0 Å². The molecule has 0 aliphatic carbocycles. The number of allylic oxidation sites excluding steroid dienone is 2. The molecule has 7 heteroatoms. The molecule has 12 heavy (non-hydrogen) atoms. The summed E-state index contributed by atoms with van der Waals surface area (Å²) in [6.45, 7) is -0.229. The zero-order chi connectivity index (χ0) is 9.40. The summed E-state index contributed by atoms with van der Waals surface area (Å²) in [5.41, 5.74) is 0. The third kappa shape index (κ3) is 8.74. The summed E-state index contributed by atoms with van der Waals surface area (Å²) in [7, 11) is 1.37. The molecule has 0 heterocycles. The molecule has 0 fully saturated rings. The quantitative estimate of drug-likeness (QED) is 0.198. The fourth-order valence-electron chi connectivity index (χ4n) is 0.369. The Morgan fingerprint density at radius 2 is 2.33 bits per heavy atom. The van der Waals surface area contributed by atoms with Gasteiger partial charge in [0, 0.05) is 19.5 Å². The molecule has 0 radical (unpaired) electrons. The Labute approximate surface area is 88.8 Å². The van der Waals surface area contributed by atoms with Gasteiger partial charge in [-0.15, -0.1) is 8.93 Å².